The minimum Gasteiger partial charge on any atom is -0.365 e. The summed E-state index contributed by atoms with van der Waals surface area (Å²) >= 11 is 0. The SMILES string of the molecule is Cn1cnc2c(N3CCOC(C(=O)N4CCc5ccccc5C4)C3)ncnc21. The highest BCUT2D eigenvalue weighted by molar-refractivity contribution is 5.85. The molecule has 8 heteroatoms. The first kappa shape index (κ1) is 17.1. The Hall–Kier alpha value is -3.00. The molecule has 0 aliphatic carbocycles. The fourth-order valence-corrected chi connectivity index (χ4v) is 4.04. The van der Waals surface area contributed by atoms with Crippen molar-refractivity contribution in [3.05, 3.63) is 48.0 Å². The van der Waals surface area contributed by atoms with Crippen molar-refractivity contribution >= 4 is 22.9 Å². The second-order valence-electron chi connectivity index (χ2n) is 7.31. The maximum Gasteiger partial charge on any atom is 0.253 e. The highest BCUT2D eigenvalue weighted by atomic mass is 16.5. The first-order valence-corrected chi connectivity index (χ1v) is 9.55. The highest BCUT2D eigenvalue weighted by Gasteiger charge is 2.33. The number of imidazole rings is 1. The van der Waals surface area contributed by atoms with E-state index >= 15 is 0 Å². The van der Waals surface area contributed by atoms with Crippen molar-refractivity contribution in [2.45, 2.75) is 19.1 Å². The third-order valence-corrected chi connectivity index (χ3v) is 5.56. The maximum absolute atomic E-state index is 13.1. The van der Waals surface area contributed by atoms with Crippen molar-refractivity contribution in [3.63, 3.8) is 0 Å². The first-order chi connectivity index (χ1) is 13.7. The molecule has 0 radical (unpaired) electrons. The molecule has 1 unspecified atom stereocenters. The first-order valence-electron chi connectivity index (χ1n) is 9.55. The van der Waals surface area contributed by atoms with Gasteiger partial charge in [-0.2, -0.15) is 0 Å². The Bertz CT molecular complexity index is 1030. The van der Waals surface area contributed by atoms with Crippen molar-refractivity contribution in [2.75, 3.05) is 31.1 Å². The molecule has 1 amide bonds. The Morgan fingerprint density at radius 3 is 2.89 bits per heavy atom. The Kier molecular flexibility index (Phi) is 4.20. The molecule has 2 aromatic heterocycles. The van der Waals surface area contributed by atoms with Crippen LogP contribution < -0.4 is 4.90 Å². The van der Waals surface area contributed by atoms with Gasteiger partial charge in [-0.15, -0.1) is 0 Å². The molecule has 0 N–H and O–H groups in total. The van der Waals surface area contributed by atoms with Crippen LogP contribution in [-0.2, 0) is 29.5 Å². The van der Waals surface area contributed by atoms with Crippen molar-refractivity contribution in [3.8, 4) is 0 Å². The number of hydrogen-bond donors (Lipinski definition) is 0. The molecule has 1 aromatic carbocycles. The van der Waals surface area contributed by atoms with E-state index in [1.807, 2.05) is 22.6 Å². The van der Waals surface area contributed by atoms with E-state index in [0.717, 1.165) is 29.9 Å². The van der Waals surface area contributed by atoms with Gasteiger partial charge in [-0.25, -0.2) is 15.0 Å². The van der Waals surface area contributed by atoms with Gasteiger partial charge in [-0.05, 0) is 17.5 Å². The maximum atomic E-state index is 13.1. The van der Waals surface area contributed by atoms with Gasteiger partial charge in [-0.3, -0.25) is 4.79 Å². The van der Waals surface area contributed by atoms with Crippen LogP contribution >= 0.6 is 0 Å². The predicted octanol–water partition coefficient (Wildman–Crippen LogP) is 1.15. The highest BCUT2D eigenvalue weighted by Crippen LogP contribution is 2.25. The number of nitrogens with zero attached hydrogens (tertiary/aromatic N) is 6. The van der Waals surface area contributed by atoms with Crippen LogP contribution in [0.5, 0.6) is 0 Å². The molecule has 0 saturated carbocycles. The van der Waals surface area contributed by atoms with E-state index in [0.29, 0.717) is 26.2 Å². The van der Waals surface area contributed by atoms with Crippen molar-refractivity contribution in [1.82, 2.24) is 24.4 Å². The summed E-state index contributed by atoms with van der Waals surface area (Å²) in [5, 5.41) is 0. The summed E-state index contributed by atoms with van der Waals surface area (Å²) in [5.74, 6) is 0.807. The summed E-state index contributed by atoms with van der Waals surface area (Å²) in [6, 6.07) is 8.32. The number of morpholine rings is 1. The van der Waals surface area contributed by atoms with Crippen LogP contribution in [0.1, 0.15) is 11.1 Å². The Labute approximate surface area is 162 Å². The van der Waals surface area contributed by atoms with Gasteiger partial charge >= 0.3 is 0 Å². The van der Waals surface area contributed by atoms with Gasteiger partial charge < -0.3 is 19.1 Å². The van der Waals surface area contributed by atoms with Gasteiger partial charge in [0.2, 0.25) is 0 Å². The number of carbonyl (C=O) groups excluding carboxylic acids is 1. The van der Waals surface area contributed by atoms with E-state index in [-0.39, 0.29) is 5.91 Å². The topological polar surface area (TPSA) is 76.4 Å². The quantitative estimate of drug-likeness (QED) is 0.666. The number of rotatable bonds is 2. The van der Waals surface area contributed by atoms with Gasteiger partial charge in [-0.1, -0.05) is 24.3 Å². The van der Waals surface area contributed by atoms with Crippen LogP contribution in [-0.4, -0.2) is 62.7 Å². The molecule has 2 aliphatic rings. The minimum absolute atomic E-state index is 0.0468. The number of aromatic nitrogens is 4. The molecule has 0 spiro atoms. The normalized spacial score (nSPS) is 19.7. The van der Waals surface area contributed by atoms with Crippen LogP contribution in [0, 0.1) is 0 Å². The van der Waals surface area contributed by atoms with Gasteiger partial charge in [0, 0.05) is 26.7 Å². The number of aryl methyl sites for hydroxylation is 1. The van der Waals surface area contributed by atoms with E-state index in [2.05, 4.69) is 38.1 Å². The van der Waals surface area contributed by atoms with Crippen molar-refractivity contribution < 1.29 is 9.53 Å². The van der Waals surface area contributed by atoms with E-state index in [1.54, 1.807) is 12.7 Å². The number of benzene rings is 1. The summed E-state index contributed by atoms with van der Waals surface area (Å²) in [5.41, 5.74) is 4.09. The monoisotopic (exact) mass is 378 g/mol. The summed E-state index contributed by atoms with van der Waals surface area (Å²) in [7, 11) is 1.91. The predicted molar refractivity (Wildman–Crippen MR) is 104 cm³/mol. The molecule has 3 aromatic rings. The van der Waals surface area contributed by atoms with E-state index in [1.165, 1.54) is 11.1 Å². The van der Waals surface area contributed by atoms with Gasteiger partial charge in [0.25, 0.3) is 5.91 Å². The Balaban J connectivity index is 1.35. The average molecular weight is 378 g/mol. The van der Waals surface area contributed by atoms with Crippen molar-refractivity contribution in [2.24, 2.45) is 7.05 Å². The molecule has 1 fully saturated rings. The third-order valence-electron chi connectivity index (χ3n) is 5.56. The Morgan fingerprint density at radius 1 is 1.14 bits per heavy atom. The summed E-state index contributed by atoms with van der Waals surface area (Å²) in [4.78, 5) is 30.3. The molecule has 144 valence electrons. The minimum atomic E-state index is -0.493. The number of anilines is 1. The number of ether oxygens (including phenoxy) is 1. The molecule has 5 rings (SSSR count). The molecule has 1 atom stereocenters. The molecule has 0 bridgehead atoms. The van der Waals surface area contributed by atoms with Gasteiger partial charge in [0.1, 0.15) is 6.33 Å². The zero-order valence-corrected chi connectivity index (χ0v) is 15.8. The second kappa shape index (κ2) is 6.87. The molecule has 1 saturated heterocycles. The lowest BCUT2D eigenvalue weighted by atomic mass is 9.99. The Morgan fingerprint density at radius 2 is 2.00 bits per heavy atom. The number of carbonyl (C=O) groups is 1. The zero-order valence-electron chi connectivity index (χ0n) is 15.8. The van der Waals surface area contributed by atoms with Crippen LogP contribution in [0.3, 0.4) is 0 Å². The lowest BCUT2D eigenvalue weighted by molar-refractivity contribution is -0.145. The summed E-state index contributed by atoms with van der Waals surface area (Å²) in [6.07, 6.45) is 3.68. The lowest BCUT2D eigenvalue weighted by Gasteiger charge is -2.37. The van der Waals surface area contributed by atoms with E-state index in [4.69, 9.17) is 4.74 Å². The third kappa shape index (κ3) is 2.90. The van der Waals surface area contributed by atoms with Gasteiger partial charge in [0.05, 0.1) is 19.5 Å². The van der Waals surface area contributed by atoms with E-state index in [9.17, 15) is 4.79 Å². The molecule has 28 heavy (non-hydrogen) atoms. The average Bonchev–Trinajstić information content (AvgIpc) is 3.14. The summed E-state index contributed by atoms with van der Waals surface area (Å²) < 4.78 is 7.72. The smallest absolute Gasteiger partial charge is 0.253 e. The van der Waals surface area contributed by atoms with Crippen LogP contribution in [0.25, 0.3) is 11.2 Å². The van der Waals surface area contributed by atoms with Crippen LogP contribution in [0.4, 0.5) is 5.82 Å². The number of amides is 1. The number of fused-ring (bicyclic) bond motifs is 2. The standard InChI is InChI=1S/C20H22N6O2/c1-24-13-23-17-18(24)21-12-22-19(17)25-8-9-28-16(11-25)20(27)26-7-6-14-4-2-3-5-15(14)10-26/h2-5,12-13,16H,6-11H2,1H3. The van der Waals surface area contributed by atoms with Crippen LogP contribution in [0.15, 0.2) is 36.9 Å². The van der Waals surface area contributed by atoms with Gasteiger partial charge in [0.15, 0.2) is 23.1 Å². The fraction of sp³-hybridized carbons (Fsp3) is 0.400. The molecule has 8 nitrogen and oxygen atoms in total. The van der Waals surface area contributed by atoms with Crippen LogP contribution in [0.2, 0.25) is 0 Å². The molecule has 4 heterocycles. The molecule has 2 aliphatic heterocycles. The molecular formula is C20H22N6O2. The summed E-state index contributed by atoms with van der Waals surface area (Å²) in [6.45, 7) is 3.01. The fourth-order valence-electron chi connectivity index (χ4n) is 4.04. The molecular weight excluding hydrogens is 356 g/mol. The number of hydrogen-bond acceptors (Lipinski definition) is 6. The van der Waals surface area contributed by atoms with E-state index < -0.39 is 6.10 Å². The second-order valence-corrected chi connectivity index (χ2v) is 7.31. The lowest BCUT2D eigenvalue weighted by Crippen LogP contribution is -2.52. The zero-order chi connectivity index (χ0) is 19.1. The largest absolute Gasteiger partial charge is 0.365 e. The van der Waals surface area contributed by atoms with Crippen molar-refractivity contribution in [1.29, 1.82) is 0 Å².